The number of hydrogen-bond donors (Lipinski definition) is 2. The molecule has 0 aromatic heterocycles. The first-order chi connectivity index (χ1) is 10.2. The van der Waals surface area contributed by atoms with Crippen molar-refractivity contribution in [2.75, 3.05) is 20.3 Å². The first kappa shape index (κ1) is 20.0. The molecule has 128 valence electrons. The van der Waals surface area contributed by atoms with Crippen LogP contribution in [0.3, 0.4) is 0 Å². The van der Waals surface area contributed by atoms with Crippen LogP contribution < -0.4 is 10.6 Å². The van der Waals surface area contributed by atoms with Gasteiger partial charge in [-0.1, -0.05) is 13.3 Å². The van der Waals surface area contributed by atoms with Gasteiger partial charge in [0.05, 0.1) is 20.3 Å². The fourth-order valence-electron chi connectivity index (χ4n) is 1.33. The zero-order valence-corrected chi connectivity index (χ0v) is 13.9. The Labute approximate surface area is 130 Å². The van der Waals surface area contributed by atoms with Gasteiger partial charge in [-0.3, -0.25) is 0 Å². The van der Waals surface area contributed by atoms with Gasteiger partial charge in [-0.15, -0.1) is 0 Å². The summed E-state index contributed by atoms with van der Waals surface area (Å²) in [6.45, 7) is 7.21. The molecular formula is C14H26N2O6. The molecule has 22 heavy (non-hydrogen) atoms. The van der Waals surface area contributed by atoms with Gasteiger partial charge in [0.25, 0.3) is 0 Å². The summed E-state index contributed by atoms with van der Waals surface area (Å²) in [4.78, 5) is 34.7. The number of ether oxygens (including phenoxy) is 3. The molecule has 0 aromatic rings. The Kier molecular flexibility index (Phi) is 8.97. The van der Waals surface area contributed by atoms with E-state index in [0.717, 1.165) is 12.8 Å². The number of carbonyl (C=O) groups excluding carboxylic acids is 3. The number of esters is 1. The van der Waals surface area contributed by atoms with Crippen molar-refractivity contribution < 1.29 is 28.6 Å². The number of nitrogens with one attached hydrogen (secondary N) is 2. The molecule has 0 unspecified atom stereocenters. The first-order valence-corrected chi connectivity index (χ1v) is 7.17. The lowest BCUT2D eigenvalue weighted by molar-refractivity contribution is -0.142. The number of methoxy groups -OCH3 is 1. The molecule has 0 radical (unpaired) electrons. The van der Waals surface area contributed by atoms with E-state index < -0.39 is 29.8 Å². The molecular weight excluding hydrogens is 292 g/mol. The summed E-state index contributed by atoms with van der Waals surface area (Å²) in [5.41, 5.74) is -0.655. The second kappa shape index (κ2) is 9.86. The van der Waals surface area contributed by atoms with Gasteiger partial charge in [0.15, 0.2) is 0 Å². The van der Waals surface area contributed by atoms with Gasteiger partial charge in [-0.2, -0.15) is 0 Å². The molecule has 0 spiro atoms. The minimum Gasteiger partial charge on any atom is -0.467 e. The lowest BCUT2D eigenvalue weighted by Gasteiger charge is -2.21. The fraction of sp³-hybridized carbons (Fsp3) is 0.786. The Hall–Kier alpha value is -1.99. The van der Waals surface area contributed by atoms with E-state index in [2.05, 4.69) is 15.4 Å². The van der Waals surface area contributed by atoms with Gasteiger partial charge in [0, 0.05) is 0 Å². The molecule has 2 amide bonds. The van der Waals surface area contributed by atoms with Crippen molar-refractivity contribution in [1.82, 2.24) is 10.6 Å². The van der Waals surface area contributed by atoms with Crippen molar-refractivity contribution in [3.63, 3.8) is 0 Å². The van der Waals surface area contributed by atoms with Crippen LogP contribution in [0.4, 0.5) is 9.59 Å². The van der Waals surface area contributed by atoms with Gasteiger partial charge in [-0.25, -0.2) is 14.4 Å². The largest absolute Gasteiger partial charge is 0.467 e. The quantitative estimate of drug-likeness (QED) is 0.420. The van der Waals surface area contributed by atoms with E-state index in [9.17, 15) is 14.4 Å². The third-order valence-corrected chi connectivity index (χ3v) is 2.36. The van der Waals surface area contributed by atoms with Crippen molar-refractivity contribution in [1.29, 1.82) is 0 Å². The van der Waals surface area contributed by atoms with E-state index in [1.807, 2.05) is 6.92 Å². The van der Waals surface area contributed by atoms with Gasteiger partial charge in [0.2, 0.25) is 0 Å². The number of rotatable bonds is 7. The Balaban J connectivity index is 4.38. The predicted octanol–water partition coefficient (Wildman–Crippen LogP) is 1.58. The third kappa shape index (κ3) is 9.84. The molecule has 0 fully saturated rings. The molecule has 2 N–H and O–H groups in total. The number of alkyl carbamates (subject to hydrolysis) is 2. The number of hydrogen-bond acceptors (Lipinski definition) is 6. The second-order valence-electron chi connectivity index (χ2n) is 5.59. The molecule has 0 saturated heterocycles. The van der Waals surface area contributed by atoms with E-state index in [4.69, 9.17) is 9.47 Å². The highest BCUT2D eigenvalue weighted by Crippen LogP contribution is 2.06. The highest BCUT2D eigenvalue weighted by molar-refractivity contribution is 5.82. The summed E-state index contributed by atoms with van der Waals surface area (Å²) < 4.78 is 14.5. The summed E-state index contributed by atoms with van der Waals surface area (Å²) in [5.74, 6) is -0.691. The maximum absolute atomic E-state index is 11.6. The average molecular weight is 318 g/mol. The maximum Gasteiger partial charge on any atom is 0.407 e. The van der Waals surface area contributed by atoms with E-state index >= 15 is 0 Å². The lowest BCUT2D eigenvalue weighted by atomic mass is 10.2. The van der Waals surface area contributed by atoms with E-state index in [0.29, 0.717) is 0 Å². The molecule has 0 saturated carbocycles. The summed E-state index contributed by atoms with van der Waals surface area (Å²) in [6, 6.07) is -1.05. The normalized spacial score (nSPS) is 12.0. The van der Waals surface area contributed by atoms with Crippen LogP contribution in [0, 0.1) is 0 Å². The summed E-state index contributed by atoms with van der Waals surface area (Å²) in [5, 5.41) is 4.73. The van der Waals surface area contributed by atoms with Gasteiger partial charge < -0.3 is 24.8 Å². The first-order valence-electron chi connectivity index (χ1n) is 7.17. The highest BCUT2D eigenvalue weighted by Gasteiger charge is 2.24. The van der Waals surface area contributed by atoms with Crippen LogP contribution in [0.5, 0.6) is 0 Å². The van der Waals surface area contributed by atoms with Gasteiger partial charge in [0.1, 0.15) is 11.6 Å². The van der Waals surface area contributed by atoms with E-state index in [1.54, 1.807) is 20.8 Å². The molecule has 0 aliphatic carbocycles. The molecule has 8 nitrogen and oxygen atoms in total. The molecule has 8 heteroatoms. The second-order valence-corrected chi connectivity index (χ2v) is 5.59. The van der Waals surface area contributed by atoms with Gasteiger partial charge in [-0.05, 0) is 27.2 Å². The Morgan fingerprint density at radius 3 is 2.27 bits per heavy atom. The Bertz CT molecular complexity index is 378. The zero-order chi connectivity index (χ0) is 17.2. The van der Waals surface area contributed by atoms with Gasteiger partial charge >= 0.3 is 18.2 Å². The SMILES string of the molecule is CCCCOC(=O)N[C@@H](CNC(=O)OC(C)(C)C)C(=O)OC. The van der Waals surface area contributed by atoms with Crippen LogP contribution in [-0.4, -0.2) is 50.1 Å². The standard InChI is InChI=1S/C14H26N2O6/c1-6-7-8-21-13(19)16-10(11(17)20-5)9-15-12(18)22-14(2,3)4/h10H,6-9H2,1-5H3,(H,15,18)(H,16,19)/t10-/m0/s1. The van der Waals surface area contributed by atoms with Crippen LogP contribution in [0.2, 0.25) is 0 Å². The molecule has 0 aliphatic heterocycles. The maximum atomic E-state index is 11.6. The average Bonchev–Trinajstić information content (AvgIpc) is 2.41. The summed E-state index contributed by atoms with van der Waals surface area (Å²) in [7, 11) is 1.19. The van der Waals surface area contributed by atoms with Crippen molar-refractivity contribution >= 4 is 18.2 Å². The number of carbonyl (C=O) groups is 3. The fourth-order valence-corrected chi connectivity index (χ4v) is 1.33. The lowest BCUT2D eigenvalue weighted by Crippen LogP contribution is -2.49. The summed E-state index contributed by atoms with van der Waals surface area (Å²) in [6.07, 6.45) is 0.179. The Morgan fingerprint density at radius 1 is 1.14 bits per heavy atom. The number of amides is 2. The van der Waals surface area contributed by atoms with Crippen LogP contribution in [-0.2, 0) is 19.0 Å². The van der Waals surface area contributed by atoms with Crippen LogP contribution in [0.15, 0.2) is 0 Å². The number of unbranched alkanes of at least 4 members (excludes halogenated alkanes) is 1. The van der Waals surface area contributed by atoms with Crippen molar-refractivity contribution in [2.24, 2.45) is 0 Å². The molecule has 1 atom stereocenters. The molecule has 0 aliphatic rings. The predicted molar refractivity (Wildman–Crippen MR) is 79.4 cm³/mol. The molecule has 0 rings (SSSR count). The minimum atomic E-state index is -1.05. The van der Waals surface area contributed by atoms with Crippen LogP contribution in [0.1, 0.15) is 40.5 Å². The van der Waals surface area contributed by atoms with Crippen molar-refractivity contribution in [3.8, 4) is 0 Å². The third-order valence-electron chi connectivity index (χ3n) is 2.36. The molecule has 0 heterocycles. The minimum absolute atomic E-state index is 0.162. The Morgan fingerprint density at radius 2 is 1.77 bits per heavy atom. The van der Waals surface area contributed by atoms with E-state index in [-0.39, 0.29) is 13.2 Å². The monoisotopic (exact) mass is 318 g/mol. The topological polar surface area (TPSA) is 103 Å². The van der Waals surface area contributed by atoms with E-state index in [1.165, 1.54) is 7.11 Å². The smallest absolute Gasteiger partial charge is 0.407 e. The zero-order valence-electron chi connectivity index (χ0n) is 13.9. The van der Waals surface area contributed by atoms with Crippen molar-refractivity contribution in [2.45, 2.75) is 52.2 Å². The van der Waals surface area contributed by atoms with Crippen molar-refractivity contribution in [3.05, 3.63) is 0 Å². The van der Waals surface area contributed by atoms with Crippen LogP contribution in [0.25, 0.3) is 0 Å². The summed E-state index contributed by atoms with van der Waals surface area (Å²) >= 11 is 0. The molecule has 0 aromatic carbocycles. The molecule has 0 bridgehead atoms. The van der Waals surface area contributed by atoms with Crippen LogP contribution >= 0.6 is 0 Å². The highest BCUT2D eigenvalue weighted by atomic mass is 16.6.